The number of Topliss-reactive ketones (excluding diaryl/α,β-unsaturated/α-hetero) is 1. The van der Waals surface area contributed by atoms with E-state index in [1.165, 1.54) is 13.0 Å². The standard InChI is InChI=1S/C14H11N3O3S/c1-9(18)13-7-12(17(19)20)14(21-13)16(2)11-5-3-10(8-15)4-6-11/h3-7H,1-2H3. The number of hydrogen-bond donors (Lipinski definition) is 0. The number of carbonyl (C=O) groups excluding carboxylic acids is 1. The minimum absolute atomic E-state index is 0.0999. The van der Waals surface area contributed by atoms with E-state index in [1.807, 2.05) is 6.07 Å². The quantitative estimate of drug-likeness (QED) is 0.490. The lowest BCUT2D eigenvalue weighted by Gasteiger charge is -2.16. The summed E-state index contributed by atoms with van der Waals surface area (Å²) in [6, 6.07) is 9.99. The Kier molecular flexibility index (Phi) is 4.00. The van der Waals surface area contributed by atoms with Crippen LogP contribution in [0.15, 0.2) is 30.3 Å². The molecule has 2 rings (SSSR count). The van der Waals surface area contributed by atoms with Crippen molar-refractivity contribution in [3.05, 3.63) is 50.9 Å². The predicted molar refractivity (Wildman–Crippen MR) is 80.2 cm³/mol. The maximum atomic E-state index is 11.4. The number of anilines is 2. The Bertz CT molecular complexity index is 744. The lowest BCUT2D eigenvalue weighted by atomic mass is 10.2. The molecular weight excluding hydrogens is 290 g/mol. The Morgan fingerprint density at radius 1 is 1.38 bits per heavy atom. The SMILES string of the molecule is CC(=O)c1cc([N+](=O)[O-])c(N(C)c2ccc(C#N)cc2)s1. The molecule has 0 fully saturated rings. The van der Waals surface area contributed by atoms with E-state index in [2.05, 4.69) is 0 Å². The van der Waals surface area contributed by atoms with Gasteiger partial charge < -0.3 is 4.90 Å². The van der Waals surface area contributed by atoms with Crippen molar-refractivity contribution in [2.24, 2.45) is 0 Å². The van der Waals surface area contributed by atoms with Crippen LogP contribution in [0, 0.1) is 21.4 Å². The molecule has 1 heterocycles. The van der Waals surface area contributed by atoms with Crippen LogP contribution < -0.4 is 4.90 Å². The van der Waals surface area contributed by atoms with E-state index < -0.39 is 4.92 Å². The maximum absolute atomic E-state index is 11.4. The fraction of sp³-hybridized carbons (Fsp3) is 0.143. The zero-order valence-electron chi connectivity index (χ0n) is 11.4. The van der Waals surface area contributed by atoms with Gasteiger partial charge in [-0.15, -0.1) is 11.3 Å². The van der Waals surface area contributed by atoms with Gasteiger partial charge in [0.25, 0.3) is 0 Å². The first-order chi connectivity index (χ1) is 9.93. The first-order valence-corrected chi connectivity index (χ1v) is 6.78. The number of benzene rings is 1. The molecule has 6 nitrogen and oxygen atoms in total. The molecular formula is C14H11N3O3S. The van der Waals surface area contributed by atoms with E-state index in [-0.39, 0.29) is 11.5 Å². The summed E-state index contributed by atoms with van der Waals surface area (Å²) in [6.45, 7) is 1.38. The average Bonchev–Trinajstić information content (AvgIpc) is 2.92. The molecule has 7 heteroatoms. The molecule has 2 aromatic rings. The monoisotopic (exact) mass is 301 g/mol. The second-order valence-corrected chi connectivity index (χ2v) is 5.36. The molecule has 106 valence electrons. The molecule has 0 aliphatic carbocycles. The minimum Gasteiger partial charge on any atom is -0.331 e. The van der Waals surface area contributed by atoms with Crippen molar-refractivity contribution in [1.29, 1.82) is 5.26 Å². The van der Waals surface area contributed by atoms with Gasteiger partial charge in [0, 0.05) is 18.8 Å². The Balaban J connectivity index is 2.46. The number of ketones is 1. The second kappa shape index (κ2) is 5.73. The molecule has 0 N–H and O–H groups in total. The molecule has 0 spiro atoms. The van der Waals surface area contributed by atoms with Gasteiger partial charge in [0.05, 0.1) is 21.4 Å². The molecule has 0 aliphatic rings. The van der Waals surface area contributed by atoms with Crippen molar-refractivity contribution in [1.82, 2.24) is 0 Å². The number of nitrogens with zero attached hydrogens (tertiary/aromatic N) is 3. The molecule has 0 radical (unpaired) electrons. The summed E-state index contributed by atoms with van der Waals surface area (Å²) < 4.78 is 0. The lowest BCUT2D eigenvalue weighted by molar-refractivity contribution is -0.383. The van der Waals surface area contributed by atoms with E-state index in [4.69, 9.17) is 5.26 Å². The van der Waals surface area contributed by atoms with E-state index in [0.717, 1.165) is 11.3 Å². The Hall–Kier alpha value is -2.72. The summed E-state index contributed by atoms with van der Waals surface area (Å²) in [6.07, 6.45) is 0. The molecule has 0 unspecified atom stereocenters. The predicted octanol–water partition coefficient (Wildman–Crippen LogP) is 3.50. The Morgan fingerprint density at radius 2 is 2.00 bits per heavy atom. The summed E-state index contributed by atoms with van der Waals surface area (Å²) in [7, 11) is 1.68. The molecule has 1 aromatic carbocycles. The van der Waals surface area contributed by atoms with E-state index in [9.17, 15) is 14.9 Å². The largest absolute Gasteiger partial charge is 0.331 e. The van der Waals surface area contributed by atoms with Crippen LogP contribution in [0.2, 0.25) is 0 Å². The van der Waals surface area contributed by atoms with Crippen molar-refractivity contribution in [3.63, 3.8) is 0 Å². The molecule has 0 bridgehead atoms. The summed E-state index contributed by atoms with van der Waals surface area (Å²) in [4.78, 5) is 24.0. The fourth-order valence-corrected chi connectivity index (χ4v) is 2.80. The van der Waals surface area contributed by atoms with Gasteiger partial charge in [0.15, 0.2) is 10.8 Å². The van der Waals surface area contributed by atoms with Crippen LogP contribution >= 0.6 is 11.3 Å². The molecule has 0 amide bonds. The first kappa shape index (κ1) is 14.7. The van der Waals surface area contributed by atoms with E-state index >= 15 is 0 Å². The van der Waals surface area contributed by atoms with E-state index in [0.29, 0.717) is 21.1 Å². The molecule has 0 saturated heterocycles. The highest BCUT2D eigenvalue weighted by Gasteiger charge is 2.24. The fourth-order valence-electron chi connectivity index (χ4n) is 1.79. The molecule has 0 atom stereocenters. The Morgan fingerprint density at radius 3 is 2.48 bits per heavy atom. The van der Waals surface area contributed by atoms with Crippen LogP contribution in [-0.4, -0.2) is 17.8 Å². The van der Waals surface area contributed by atoms with Gasteiger partial charge in [-0.2, -0.15) is 5.26 Å². The van der Waals surface area contributed by atoms with Crippen LogP contribution in [0.1, 0.15) is 22.2 Å². The maximum Gasteiger partial charge on any atom is 0.304 e. The third-order valence-electron chi connectivity index (χ3n) is 2.93. The highest BCUT2D eigenvalue weighted by atomic mass is 32.1. The highest BCUT2D eigenvalue weighted by molar-refractivity contribution is 7.18. The van der Waals surface area contributed by atoms with Crippen LogP contribution in [0.25, 0.3) is 0 Å². The molecule has 21 heavy (non-hydrogen) atoms. The smallest absolute Gasteiger partial charge is 0.304 e. The third-order valence-corrected chi connectivity index (χ3v) is 4.23. The van der Waals surface area contributed by atoms with Crippen molar-refractivity contribution in [2.45, 2.75) is 6.92 Å². The van der Waals surface area contributed by atoms with Gasteiger partial charge >= 0.3 is 5.69 Å². The van der Waals surface area contributed by atoms with Crippen LogP contribution in [0.5, 0.6) is 0 Å². The van der Waals surface area contributed by atoms with Gasteiger partial charge in [-0.3, -0.25) is 14.9 Å². The average molecular weight is 301 g/mol. The number of nitriles is 1. The molecule has 0 aliphatic heterocycles. The van der Waals surface area contributed by atoms with Gasteiger partial charge in [0.2, 0.25) is 0 Å². The number of hydrogen-bond acceptors (Lipinski definition) is 6. The van der Waals surface area contributed by atoms with Crippen LogP contribution in [-0.2, 0) is 0 Å². The summed E-state index contributed by atoms with van der Waals surface area (Å²) in [5, 5.41) is 20.3. The minimum atomic E-state index is -0.502. The van der Waals surface area contributed by atoms with Gasteiger partial charge in [-0.25, -0.2) is 0 Å². The highest BCUT2D eigenvalue weighted by Crippen LogP contribution is 2.40. The van der Waals surface area contributed by atoms with Gasteiger partial charge in [-0.1, -0.05) is 0 Å². The number of carbonyl (C=O) groups is 1. The summed E-state index contributed by atoms with van der Waals surface area (Å²) in [5.74, 6) is -0.206. The van der Waals surface area contributed by atoms with Gasteiger partial charge in [0.1, 0.15) is 0 Å². The van der Waals surface area contributed by atoms with Crippen molar-refractivity contribution >= 4 is 33.5 Å². The Labute approximate surface area is 125 Å². The third kappa shape index (κ3) is 2.90. The normalized spacial score (nSPS) is 9.95. The molecule has 1 aromatic heterocycles. The van der Waals surface area contributed by atoms with Crippen molar-refractivity contribution in [2.75, 3.05) is 11.9 Å². The van der Waals surface area contributed by atoms with Crippen LogP contribution in [0.4, 0.5) is 16.4 Å². The second-order valence-electron chi connectivity index (χ2n) is 4.33. The topological polar surface area (TPSA) is 87.2 Å². The molecule has 0 saturated carbocycles. The summed E-state index contributed by atoms with van der Waals surface area (Å²) >= 11 is 1.08. The van der Waals surface area contributed by atoms with Crippen molar-refractivity contribution in [3.8, 4) is 6.07 Å². The van der Waals surface area contributed by atoms with Crippen molar-refractivity contribution < 1.29 is 9.72 Å². The number of nitro groups is 1. The van der Waals surface area contributed by atoms with Gasteiger partial charge in [-0.05, 0) is 31.2 Å². The lowest BCUT2D eigenvalue weighted by Crippen LogP contribution is -2.09. The zero-order chi connectivity index (χ0) is 15.6. The zero-order valence-corrected chi connectivity index (χ0v) is 12.2. The number of rotatable bonds is 4. The number of thiophene rings is 1. The van der Waals surface area contributed by atoms with E-state index in [1.54, 1.807) is 36.2 Å². The van der Waals surface area contributed by atoms with Crippen LogP contribution in [0.3, 0.4) is 0 Å². The first-order valence-electron chi connectivity index (χ1n) is 5.97. The summed E-state index contributed by atoms with van der Waals surface area (Å²) in [5.41, 5.74) is 1.11.